The van der Waals surface area contributed by atoms with E-state index >= 15 is 0 Å². The molecule has 0 radical (unpaired) electrons. The first kappa shape index (κ1) is 15.0. The van der Waals surface area contributed by atoms with Gasteiger partial charge in [0, 0.05) is 12.6 Å². The van der Waals surface area contributed by atoms with E-state index in [0.29, 0.717) is 11.1 Å². The lowest BCUT2D eigenvalue weighted by molar-refractivity contribution is -0.159. The molecular weight excluding hydrogens is 289 g/mol. The predicted molar refractivity (Wildman–Crippen MR) is 62.6 cm³/mol. The van der Waals surface area contributed by atoms with E-state index in [0.717, 1.165) is 5.06 Å². The number of nitriles is 1. The first-order valence-corrected chi connectivity index (χ1v) is 5.65. The number of alkyl halides is 3. The number of hydrogen-bond acceptors (Lipinski definition) is 6. The molecule has 0 saturated heterocycles. The average molecular weight is 298 g/mol. The lowest BCUT2D eigenvalue weighted by Gasteiger charge is -2.15. The molecule has 1 N–H and O–H groups in total. The minimum absolute atomic E-state index is 0.209. The summed E-state index contributed by atoms with van der Waals surface area (Å²) in [6.45, 7) is 0. The maximum Gasteiger partial charge on any atom is 0.471 e. The molecule has 2 aromatic rings. The van der Waals surface area contributed by atoms with Crippen LogP contribution >= 0.6 is 0 Å². The Kier molecular flexibility index (Phi) is 3.93. The third-order valence-corrected chi connectivity index (χ3v) is 2.65. The van der Waals surface area contributed by atoms with Gasteiger partial charge in [0.1, 0.15) is 6.04 Å². The normalized spacial score (nSPS) is 13.2. The van der Waals surface area contributed by atoms with Crippen molar-refractivity contribution >= 4 is 0 Å². The van der Waals surface area contributed by atoms with E-state index in [-0.39, 0.29) is 5.82 Å². The molecule has 0 amide bonds. The molecule has 0 spiro atoms. The van der Waals surface area contributed by atoms with Crippen molar-refractivity contribution in [3.8, 4) is 17.5 Å². The van der Waals surface area contributed by atoms with Crippen molar-refractivity contribution in [2.24, 2.45) is 0 Å². The highest BCUT2D eigenvalue weighted by Gasteiger charge is 2.38. The Labute approximate surface area is 117 Å². The molecule has 0 fully saturated rings. The van der Waals surface area contributed by atoms with Crippen LogP contribution in [0, 0.1) is 11.3 Å². The van der Waals surface area contributed by atoms with Crippen LogP contribution < -0.4 is 0 Å². The summed E-state index contributed by atoms with van der Waals surface area (Å²) in [5.74, 6) is -1.63. The van der Waals surface area contributed by atoms with Crippen LogP contribution in [0.25, 0.3) is 11.4 Å². The fourth-order valence-corrected chi connectivity index (χ4v) is 1.64. The van der Waals surface area contributed by atoms with Crippen LogP contribution in [0.4, 0.5) is 13.2 Å². The van der Waals surface area contributed by atoms with Gasteiger partial charge < -0.3 is 9.73 Å². The Morgan fingerprint density at radius 2 is 1.95 bits per heavy atom. The number of aromatic nitrogens is 2. The molecule has 1 aromatic heterocycles. The van der Waals surface area contributed by atoms with Crippen LogP contribution in [-0.4, -0.2) is 27.5 Å². The monoisotopic (exact) mass is 298 g/mol. The minimum atomic E-state index is -4.70. The second kappa shape index (κ2) is 5.51. The number of rotatable bonds is 3. The molecule has 0 aliphatic carbocycles. The van der Waals surface area contributed by atoms with Crippen LogP contribution in [0.5, 0.6) is 0 Å². The van der Waals surface area contributed by atoms with Crippen molar-refractivity contribution in [3.05, 3.63) is 35.7 Å². The molecule has 0 aliphatic rings. The van der Waals surface area contributed by atoms with E-state index < -0.39 is 18.1 Å². The average Bonchev–Trinajstić information content (AvgIpc) is 2.89. The summed E-state index contributed by atoms with van der Waals surface area (Å²) in [4.78, 5) is 3.25. The lowest BCUT2D eigenvalue weighted by Crippen LogP contribution is -2.18. The number of hydrogen-bond donors (Lipinski definition) is 1. The molecule has 1 unspecified atom stereocenters. The van der Waals surface area contributed by atoms with Crippen LogP contribution in [0.3, 0.4) is 0 Å². The van der Waals surface area contributed by atoms with Crippen molar-refractivity contribution in [2.45, 2.75) is 12.2 Å². The Morgan fingerprint density at radius 3 is 2.38 bits per heavy atom. The standard InChI is InChI=1S/C12H9F3N4O2/c1-19(20)9(6-16)7-2-4-8(5-3-7)10-17-11(21-18-10)12(13,14)15/h2-5,9,20H,1H3. The first-order valence-electron chi connectivity index (χ1n) is 5.65. The van der Waals surface area contributed by atoms with Crippen molar-refractivity contribution in [3.63, 3.8) is 0 Å². The molecular formula is C12H9F3N4O2. The summed E-state index contributed by atoms with van der Waals surface area (Å²) in [6, 6.07) is 6.85. The summed E-state index contributed by atoms with van der Waals surface area (Å²) in [5.41, 5.74) is 0.779. The quantitative estimate of drug-likeness (QED) is 0.877. The van der Waals surface area contributed by atoms with Gasteiger partial charge in [0.05, 0.1) is 6.07 Å². The van der Waals surface area contributed by atoms with Gasteiger partial charge in [0.15, 0.2) is 0 Å². The van der Waals surface area contributed by atoms with E-state index in [1.807, 2.05) is 6.07 Å². The van der Waals surface area contributed by atoms with E-state index in [9.17, 15) is 18.4 Å². The SMILES string of the molecule is CN(O)C(C#N)c1ccc(-c2noc(C(F)(F)F)n2)cc1. The van der Waals surface area contributed by atoms with E-state index in [1.54, 1.807) is 0 Å². The Balaban J connectivity index is 2.27. The van der Waals surface area contributed by atoms with Gasteiger partial charge in [0.2, 0.25) is 5.82 Å². The molecule has 1 aromatic carbocycles. The predicted octanol–water partition coefficient (Wildman–Crippen LogP) is 2.64. The van der Waals surface area contributed by atoms with E-state index in [4.69, 9.17) is 5.26 Å². The van der Waals surface area contributed by atoms with Gasteiger partial charge in [-0.2, -0.15) is 28.5 Å². The molecule has 0 aliphatic heterocycles. The molecule has 110 valence electrons. The topological polar surface area (TPSA) is 86.2 Å². The van der Waals surface area contributed by atoms with Gasteiger partial charge >= 0.3 is 12.1 Å². The maximum absolute atomic E-state index is 12.4. The number of hydroxylamine groups is 2. The fraction of sp³-hybridized carbons (Fsp3) is 0.250. The van der Waals surface area contributed by atoms with E-state index in [2.05, 4.69) is 14.7 Å². The second-order valence-corrected chi connectivity index (χ2v) is 4.15. The number of halogens is 3. The molecule has 1 heterocycles. The second-order valence-electron chi connectivity index (χ2n) is 4.15. The van der Waals surface area contributed by atoms with E-state index in [1.165, 1.54) is 31.3 Å². The maximum atomic E-state index is 12.4. The largest absolute Gasteiger partial charge is 0.471 e. The van der Waals surface area contributed by atoms with Crippen molar-refractivity contribution in [2.75, 3.05) is 7.05 Å². The van der Waals surface area contributed by atoms with Crippen molar-refractivity contribution < 1.29 is 22.9 Å². The van der Waals surface area contributed by atoms with Gasteiger partial charge in [0.25, 0.3) is 0 Å². The molecule has 9 heteroatoms. The lowest BCUT2D eigenvalue weighted by atomic mass is 10.1. The van der Waals surface area contributed by atoms with Gasteiger partial charge in [-0.3, -0.25) is 0 Å². The summed E-state index contributed by atoms with van der Waals surface area (Å²) in [7, 11) is 1.32. The van der Waals surface area contributed by atoms with Gasteiger partial charge in [-0.15, -0.1) is 0 Å². The number of benzene rings is 1. The molecule has 1 atom stereocenters. The first-order chi connectivity index (χ1) is 9.82. The van der Waals surface area contributed by atoms with Gasteiger partial charge in [-0.05, 0) is 5.56 Å². The van der Waals surface area contributed by atoms with Gasteiger partial charge in [-0.25, -0.2) is 0 Å². The molecule has 0 saturated carbocycles. The van der Waals surface area contributed by atoms with Crippen molar-refractivity contribution in [1.82, 2.24) is 15.2 Å². The molecule has 2 rings (SSSR count). The zero-order chi connectivity index (χ0) is 15.6. The minimum Gasteiger partial charge on any atom is -0.329 e. The zero-order valence-electron chi connectivity index (χ0n) is 10.7. The molecule has 21 heavy (non-hydrogen) atoms. The van der Waals surface area contributed by atoms with Crippen LogP contribution in [0.15, 0.2) is 28.8 Å². The third kappa shape index (κ3) is 3.18. The Hall–Kier alpha value is -2.44. The summed E-state index contributed by atoms with van der Waals surface area (Å²) >= 11 is 0. The van der Waals surface area contributed by atoms with Gasteiger partial charge in [-0.1, -0.05) is 29.4 Å². The fourth-order valence-electron chi connectivity index (χ4n) is 1.64. The summed E-state index contributed by atoms with van der Waals surface area (Å²) in [5, 5.41) is 22.2. The highest BCUT2D eigenvalue weighted by Crippen LogP contribution is 2.29. The van der Waals surface area contributed by atoms with Crippen LogP contribution in [0.2, 0.25) is 0 Å². The third-order valence-electron chi connectivity index (χ3n) is 2.65. The van der Waals surface area contributed by atoms with Crippen molar-refractivity contribution in [1.29, 1.82) is 5.26 Å². The highest BCUT2D eigenvalue weighted by atomic mass is 19.4. The number of nitrogens with zero attached hydrogens (tertiary/aromatic N) is 4. The smallest absolute Gasteiger partial charge is 0.329 e. The Morgan fingerprint density at radius 1 is 1.33 bits per heavy atom. The Bertz CT molecular complexity index is 658. The van der Waals surface area contributed by atoms with Crippen LogP contribution in [-0.2, 0) is 6.18 Å². The zero-order valence-corrected chi connectivity index (χ0v) is 10.7. The molecule has 6 nitrogen and oxygen atoms in total. The highest BCUT2D eigenvalue weighted by molar-refractivity contribution is 5.55. The molecule has 0 bridgehead atoms. The summed E-state index contributed by atoms with van der Waals surface area (Å²) in [6.07, 6.45) is -4.70. The van der Waals surface area contributed by atoms with Crippen LogP contribution in [0.1, 0.15) is 17.5 Å². The summed E-state index contributed by atoms with van der Waals surface area (Å²) < 4.78 is 41.2.